The van der Waals surface area contributed by atoms with Gasteiger partial charge in [-0.2, -0.15) is 5.10 Å². The first-order valence-corrected chi connectivity index (χ1v) is 7.12. The van der Waals surface area contributed by atoms with E-state index in [1.165, 1.54) is 12.1 Å². The van der Waals surface area contributed by atoms with Gasteiger partial charge >= 0.3 is 0 Å². The van der Waals surface area contributed by atoms with Gasteiger partial charge in [0, 0.05) is 17.2 Å². The first-order chi connectivity index (χ1) is 10.9. The van der Waals surface area contributed by atoms with Crippen LogP contribution in [0.1, 0.15) is 28.4 Å². The minimum atomic E-state index is -0.565. The van der Waals surface area contributed by atoms with Crippen LogP contribution < -0.4 is 5.43 Å². The number of hydrazone groups is 1. The van der Waals surface area contributed by atoms with Gasteiger partial charge in [-0.1, -0.05) is 35.4 Å². The SMILES string of the molecule is C/C(=N/NC(=O)c1ccc(C)cc1)c1ccc(Cl)c([N+](=O)[O-])c1. The average molecular weight is 332 g/mol. The lowest BCUT2D eigenvalue weighted by Crippen LogP contribution is -2.19. The second-order valence-corrected chi connectivity index (χ2v) is 5.33. The minimum Gasteiger partial charge on any atom is -0.267 e. The molecule has 2 rings (SSSR count). The predicted octanol–water partition coefficient (Wildman–Crippen LogP) is 3.71. The molecule has 0 saturated heterocycles. The highest BCUT2D eigenvalue weighted by molar-refractivity contribution is 6.32. The third kappa shape index (κ3) is 4.14. The van der Waals surface area contributed by atoms with E-state index in [0.29, 0.717) is 16.8 Å². The van der Waals surface area contributed by atoms with Crippen molar-refractivity contribution < 1.29 is 9.72 Å². The van der Waals surface area contributed by atoms with Gasteiger partial charge in [0.15, 0.2) is 0 Å². The summed E-state index contributed by atoms with van der Waals surface area (Å²) in [6, 6.07) is 11.4. The standard InChI is InChI=1S/C16H14ClN3O3/c1-10-3-5-12(6-4-10)16(21)19-18-11(2)13-7-8-14(17)15(9-13)20(22)23/h3-9H,1-2H3,(H,19,21)/b18-11-. The van der Waals surface area contributed by atoms with Crippen LogP contribution in [0.25, 0.3) is 0 Å². The summed E-state index contributed by atoms with van der Waals surface area (Å²) in [5.41, 5.74) is 4.69. The van der Waals surface area contributed by atoms with Crippen molar-refractivity contribution in [1.82, 2.24) is 5.43 Å². The zero-order chi connectivity index (χ0) is 17.0. The zero-order valence-corrected chi connectivity index (χ0v) is 13.3. The number of nitrogens with zero attached hydrogens (tertiary/aromatic N) is 2. The van der Waals surface area contributed by atoms with Crippen LogP contribution in [-0.4, -0.2) is 16.5 Å². The molecule has 0 aliphatic carbocycles. The number of carbonyl (C=O) groups is 1. The Kier molecular flexibility index (Phi) is 5.08. The average Bonchev–Trinajstić information content (AvgIpc) is 2.53. The molecule has 0 heterocycles. The molecule has 0 radical (unpaired) electrons. The molecule has 0 unspecified atom stereocenters. The fourth-order valence-corrected chi connectivity index (χ4v) is 2.03. The van der Waals surface area contributed by atoms with Crippen LogP contribution in [0.4, 0.5) is 5.69 Å². The number of nitrogens with one attached hydrogen (secondary N) is 1. The molecule has 1 N–H and O–H groups in total. The Morgan fingerprint density at radius 1 is 1.17 bits per heavy atom. The van der Waals surface area contributed by atoms with Crippen LogP contribution in [0.3, 0.4) is 0 Å². The van der Waals surface area contributed by atoms with Gasteiger partial charge < -0.3 is 0 Å². The summed E-state index contributed by atoms with van der Waals surface area (Å²) in [6.07, 6.45) is 0. The van der Waals surface area contributed by atoms with E-state index in [4.69, 9.17) is 11.6 Å². The molecule has 2 aromatic rings. The molecular weight excluding hydrogens is 318 g/mol. The molecule has 0 fully saturated rings. The van der Waals surface area contributed by atoms with Gasteiger partial charge in [-0.15, -0.1) is 0 Å². The van der Waals surface area contributed by atoms with Gasteiger partial charge in [0.2, 0.25) is 0 Å². The fourth-order valence-electron chi connectivity index (χ4n) is 1.85. The number of nitro benzene ring substituents is 1. The summed E-state index contributed by atoms with van der Waals surface area (Å²) in [5.74, 6) is -0.354. The number of rotatable bonds is 4. The molecule has 0 saturated carbocycles. The van der Waals surface area contributed by atoms with Crippen molar-refractivity contribution in [3.8, 4) is 0 Å². The lowest BCUT2D eigenvalue weighted by molar-refractivity contribution is -0.384. The largest absolute Gasteiger partial charge is 0.288 e. The van der Waals surface area contributed by atoms with Crippen LogP contribution in [-0.2, 0) is 0 Å². The molecule has 0 atom stereocenters. The van der Waals surface area contributed by atoms with Crippen molar-refractivity contribution in [1.29, 1.82) is 0 Å². The third-order valence-electron chi connectivity index (χ3n) is 3.20. The third-order valence-corrected chi connectivity index (χ3v) is 3.52. The molecule has 6 nitrogen and oxygen atoms in total. The molecule has 23 heavy (non-hydrogen) atoms. The van der Waals surface area contributed by atoms with Gasteiger partial charge in [0.25, 0.3) is 11.6 Å². The Balaban J connectivity index is 2.16. The molecule has 7 heteroatoms. The molecule has 0 bridgehead atoms. The lowest BCUT2D eigenvalue weighted by atomic mass is 10.1. The summed E-state index contributed by atoms with van der Waals surface area (Å²) in [5, 5.41) is 14.9. The number of amides is 1. The molecular formula is C16H14ClN3O3. The van der Waals surface area contributed by atoms with Crippen molar-refractivity contribution in [2.75, 3.05) is 0 Å². The Morgan fingerprint density at radius 3 is 2.39 bits per heavy atom. The van der Waals surface area contributed by atoms with Gasteiger partial charge in [-0.25, -0.2) is 5.43 Å². The monoisotopic (exact) mass is 331 g/mol. The molecule has 0 aliphatic heterocycles. The van der Waals surface area contributed by atoms with E-state index < -0.39 is 4.92 Å². The van der Waals surface area contributed by atoms with Crippen LogP contribution in [0.5, 0.6) is 0 Å². The number of hydrogen-bond donors (Lipinski definition) is 1. The summed E-state index contributed by atoms with van der Waals surface area (Å²) in [4.78, 5) is 22.3. The van der Waals surface area contributed by atoms with Gasteiger partial charge in [0.05, 0.1) is 10.6 Å². The quantitative estimate of drug-likeness (QED) is 0.526. The topological polar surface area (TPSA) is 84.6 Å². The van der Waals surface area contributed by atoms with E-state index >= 15 is 0 Å². The Labute approximate surface area is 137 Å². The van der Waals surface area contributed by atoms with Crippen molar-refractivity contribution in [3.63, 3.8) is 0 Å². The normalized spacial score (nSPS) is 11.2. The maximum Gasteiger partial charge on any atom is 0.288 e. The summed E-state index contributed by atoms with van der Waals surface area (Å²) in [7, 11) is 0. The van der Waals surface area contributed by atoms with Crippen LogP contribution in [0.15, 0.2) is 47.6 Å². The van der Waals surface area contributed by atoms with E-state index in [1.807, 2.05) is 19.1 Å². The van der Waals surface area contributed by atoms with Gasteiger partial charge in [0.1, 0.15) is 5.02 Å². The summed E-state index contributed by atoms with van der Waals surface area (Å²) >= 11 is 5.76. The number of benzene rings is 2. The van der Waals surface area contributed by atoms with E-state index in [0.717, 1.165) is 5.56 Å². The zero-order valence-electron chi connectivity index (χ0n) is 12.5. The van der Waals surface area contributed by atoms with Crippen molar-refractivity contribution in [3.05, 3.63) is 74.3 Å². The summed E-state index contributed by atoms with van der Waals surface area (Å²) < 4.78 is 0. The minimum absolute atomic E-state index is 0.0511. The molecule has 0 aromatic heterocycles. The fraction of sp³-hybridized carbons (Fsp3) is 0.125. The molecule has 2 aromatic carbocycles. The second-order valence-electron chi connectivity index (χ2n) is 4.93. The van der Waals surface area contributed by atoms with Gasteiger partial charge in [-0.3, -0.25) is 14.9 Å². The maximum absolute atomic E-state index is 12.0. The van der Waals surface area contributed by atoms with Crippen LogP contribution >= 0.6 is 11.6 Å². The Hall–Kier alpha value is -2.73. The first-order valence-electron chi connectivity index (χ1n) is 6.74. The van der Waals surface area contributed by atoms with Gasteiger partial charge in [-0.05, 0) is 32.0 Å². The van der Waals surface area contributed by atoms with Crippen LogP contribution in [0.2, 0.25) is 5.02 Å². The molecule has 0 aliphatic rings. The molecule has 118 valence electrons. The number of carbonyl (C=O) groups excluding carboxylic acids is 1. The van der Waals surface area contributed by atoms with E-state index in [1.54, 1.807) is 25.1 Å². The number of hydrogen-bond acceptors (Lipinski definition) is 4. The van der Waals surface area contributed by atoms with Crippen molar-refractivity contribution in [2.45, 2.75) is 13.8 Å². The number of halogens is 1. The maximum atomic E-state index is 12.0. The Bertz CT molecular complexity index is 786. The first kappa shape index (κ1) is 16.6. The highest BCUT2D eigenvalue weighted by atomic mass is 35.5. The lowest BCUT2D eigenvalue weighted by Gasteiger charge is -2.04. The summed E-state index contributed by atoms with van der Waals surface area (Å²) in [6.45, 7) is 3.57. The smallest absolute Gasteiger partial charge is 0.267 e. The van der Waals surface area contributed by atoms with Crippen molar-refractivity contribution >= 4 is 28.9 Å². The highest BCUT2D eigenvalue weighted by Crippen LogP contribution is 2.25. The van der Waals surface area contributed by atoms with E-state index in [9.17, 15) is 14.9 Å². The van der Waals surface area contributed by atoms with Crippen LogP contribution in [0, 0.1) is 17.0 Å². The van der Waals surface area contributed by atoms with E-state index in [2.05, 4.69) is 10.5 Å². The van der Waals surface area contributed by atoms with E-state index in [-0.39, 0.29) is 16.6 Å². The number of nitro groups is 1. The molecule has 0 spiro atoms. The molecule has 1 amide bonds. The Morgan fingerprint density at radius 2 is 1.78 bits per heavy atom. The highest BCUT2D eigenvalue weighted by Gasteiger charge is 2.14. The number of aryl methyl sites for hydroxylation is 1. The second kappa shape index (κ2) is 7.02. The predicted molar refractivity (Wildman–Crippen MR) is 89.0 cm³/mol. The van der Waals surface area contributed by atoms with Crippen molar-refractivity contribution in [2.24, 2.45) is 5.10 Å².